The van der Waals surface area contributed by atoms with Gasteiger partial charge < -0.3 is 4.90 Å². The molecule has 0 spiro atoms. The molecule has 0 radical (unpaired) electrons. The highest BCUT2D eigenvalue weighted by Crippen LogP contribution is 2.21. The molecule has 0 unspecified atom stereocenters. The Morgan fingerprint density at radius 1 is 1.31 bits per heavy atom. The molecule has 2 nitrogen and oxygen atoms in total. The molecule has 1 aliphatic carbocycles. The summed E-state index contributed by atoms with van der Waals surface area (Å²) in [5, 5.41) is 0. The number of allylic oxidation sites excluding steroid dienone is 1. The molecule has 0 atom stereocenters. The van der Waals surface area contributed by atoms with Crippen LogP contribution in [-0.2, 0) is 4.79 Å². The zero-order valence-corrected chi connectivity index (χ0v) is 8.62. The minimum atomic E-state index is 0.148. The maximum Gasteiger partial charge on any atom is 0.246 e. The molecule has 0 aromatic heterocycles. The first-order chi connectivity index (χ1) is 6.25. The third-order valence-electron chi connectivity index (χ3n) is 2.78. The summed E-state index contributed by atoms with van der Waals surface area (Å²) >= 11 is 0. The quantitative estimate of drug-likeness (QED) is 0.599. The van der Waals surface area contributed by atoms with Crippen molar-refractivity contribution in [3.8, 4) is 0 Å². The number of hydrogen-bond donors (Lipinski definition) is 0. The third kappa shape index (κ3) is 2.87. The summed E-state index contributed by atoms with van der Waals surface area (Å²) in [6, 6.07) is 0.484. The van der Waals surface area contributed by atoms with Gasteiger partial charge in [0, 0.05) is 13.1 Å². The van der Waals surface area contributed by atoms with E-state index in [4.69, 9.17) is 0 Å². The number of carbonyl (C=O) groups is 1. The van der Waals surface area contributed by atoms with Crippen LogP contribution in [0.3, 0.4) is 0 Å². The van der Waals surface area contributed by atoms with Gasteiger partial charge in [-0.25, -0.2) is 0 Å². The van der Waals surface area contributed by atoms with Crippen LogP contribution in [0.25, 0.3) is 0 Å². The average Bonchev–Trinajstić information content (AvgIpc) is 2.18. The van der Waals surface area contributed by atoms with Gasteiger partial charge in [-0.05, 0) is 25.8 Å². The van der Waals surface area contributed by atoms with Crippen molar-refractivity contribution in [1.82, 2.24) is 4.90 Å². The molecule has 0 aromatic carbocycles. The van der Waals surface area contributed by atoms with Crippen LogP contribution in [0.1, 0.15) is 39.0 Å². The topological polar surface area (TPSA) is 20.3 Å². The second-order valence-electron chi connectivity index (χ2n) is 3.74. The van der Waals surface area contributed by atoms with Crippen molar-refractivity contribution in [2.45, 2.75) is 45.1 Å². The number of rotatable bonds is 2. The maximum absolute atomic E-state index is 11.5. The Morgan fingerprint density at radius 2 is 1.92 bits per heavy atom. The molecule has 0 N–H and O–H groups in total. The van der Waals surface area contributed by atoms with E-state index in [1.54, 1.807) is 6.08 Å². The fraction of sp³-hybridized carbons (Fsp3) is 0.727. The molecule has 1 rings (SSSR count). The Hall–Kier alpha value is -0.790. The van der Waals surface area contributed by atoms with Gasteiger partial charge >= 0.3 is 0 Å². The lowest BCUT2D eigenvalue weighted by Crippen LogP contribution is -2.37. The van der Waals surface area contributed by atoms with Crippen LogP contribution in [-0.4, -0.2) is 23.9 Å². The van der Waals surface area contributed by atoms with E-state index in [0.717, 1.165) is 0 Å². The van der Waals surface area contributed by atoms with Gasteiger partial charge in [0.2, 0.25) is 5.91 Å². The van der Waals surface area contributed by atoms with Crippen LogP contribution < -0.4 is 0 Å². The standard InChI is InChI=1S/C11H19NO/c1-3-7-11(13)12(2)10-8-5-4-6-9-10/h3,7,10H,4-6,8-9H2,1-2H3. The van der Waals surface area contributed by atoms with E-state index in [0.29, 0.717) is 6.04 Å². The van der Waals surface area contributed by atoms with E-state index in [2.05, 4.69) is 0 Å². The Kier molecular flexibility index (Phi) is 4.00. The lowest BCUT2D eigenvalue weighted by Gasteiger charge is -2.30. The third-order valence-corrected chi connectivity index (χ3v) is 2.78. The first-order valence-corrected chi connectivity index (χ1v) is 5.15. The van der Waals surface area contributed by atoms with Crippen LogP contribution >= 0.6 is 0 Å². The fourth-order valence-corrected chi connectivity index (χ4v) is 1.91. The molecule has 1 amide bonds. The van der Waals surface area contributed by atoms with Gasteiger partial charge in [0.15, 0.2) is 0 Å². The zero-order chi connectivity index (χ0) is 9.68. The average molecular weight is 181 g/mol. The molecule has 0 heterocycles. The van der Waals surface area contributed by atoms with E-state index >= 15 is 0 Å². The van der Waals surface area contributed by atoms with Gasteiger partial charge in [0.05, 0.1) is 0 Å². The molecule has 74 valence electrons. The normalized spacial score (nSPS) is 19.2. The molecule has 1 saturated carbocycles. The second kappa shape index (κ2) is 5.05. The monoisotopic (exact) mass is 181 g/mol. The number of hydrogen-bond acceptors (Lipinski definition) is 1. The molecule has 0 aromatic rings. The highest BCUT2D eigenvalue weighted by atomic mass is 16.2. The molecule has 13 heavy (non-hydrogen) atoms. The number of amides is 1. The fourth-order valence-electron chi connectivity index (χ4n) is 1.91. The van der Waals surface area contributed by atoms with Gasteiger partial charge in [0.25, 0.3) is 0 Å². The summed E-state index contributed by atoms with van der Waals surface area (Å²) in [6.07, 6.45) is 9.70. The summed E-state index contributed by atoms with van der Waals surface area (Å²) in [4.78, 5) is 13.4. The van der Waals surface area contributed by atoms with Gasteiger partial charge in [-0.1, -0.05) is 25.3 Å². The summed E-state index contributed by atoms with van der Waals surface area (Å²) in [7, 11) is 1.92. The van der Waals surface area contributed by atoms with E-state index in [1.165, 1.54) is 32.1 Å². The van der Waals surface area contributed by atoms with Crippen LogP contribution in [0, 0.1) is 0 Å². The summed E-state index contributed by atoms with van der Waals surface area (Å²) in [5.41, 5.74) is 0. The van der Waals surface area contributed by atoms with Crippen LogP contribution in [0.5, 0.6) is 0 Å². The van der Waals surface area contributed by atoms with Gasteiger partial charge in [-0.2, -0.15) is 0 Å². The van der Waals surface area contributed by atoms with Crippen molar-refractivity contribution in [1.29, 1.82) is 0 Å². The molecule has 0 saturated heterocycles. The number of likely N-dealkylation sites (N-methyl/N-ethyl adjacent to an activating group) is 1. The SMILES string of the molecule is CC=CC(=O)N(C)C1CCCCC1. The lowest BCUT2D eigenvalue weighted by atomic mass is 9.94. The summed E-state index contributed by atoms with van der Waals surface area (Å²) in [5.74, 6) is 0.148. The number of carbonyl (C=O) groups excluding carboxylic acids is 1. The highest BCUT2D eigenvalue weighted by molar-refractivity contribution is 5.87. The van der Waals surface area contributed by atoms with Gasteiger partial charge in [-0.15, -0.1) is 0 Å². The van der Waals surface area contributed by atoms with E-state index < -0.39 is 0 Å². The first-order valence-electron chi connectivity index (χ1n) is 5.15. The summed E-state index contributed by atoms with van der Waals surface area (Å²) in [6.45, 7) is 1.88. The smallest absolute Gasteiger partial charge is 0.246 e. The Balaban J connectivity index is 2.44. The molecular formula is C11H19NO. The Morgan fingerprint density at radius 3 is 2.46 bits per heavy atom. The summed E-state index contributed by atoms with van der Waals surface area (Å²) < 4.78 is 0. The van der Waals surface area contributed by atoms with E-state index in [-0.39, 0.29) is 5.91 Å². The van der Waals surface area contributed by atoms with Crippen molar-refractivity contribution in [3.05, 3.63) is 12.2 Å². The van der Waals surface area contributed by atoms with Crippen molar-refractivity contribution in [2.75, 3.05) is 7.05 Å². The van der Waals surface area contributed by atoms with Crippen molar-refractivity contribution in [2.24, 2.45) is 0 Å². The minimum Gasteiger partial charge on any atom is -0.339 e. The largest absolute Gasteiger partial charge is 0.339 e. The van der Waals surface area contributed by atoms with Crippen molar-refractivity contribution < 1.29 is 4.79 Å². The zero-order valence-electron chi connectivity index (χ0n) is 8.62. The van der Waals surface area contributed by atoms with Crippen LogP contribution in [0.15, 0.2) is 12.2 Å². The van der Waals surface area contributed by atoms with E-state index in [9.17, 15) is 4.79 Å². The number of nitrogens with zero attached hydrogens (tertiary/aromatic N) is 1. The first kappa shape index (κ1) is 10.3. The second-order valence-corrected chi connectivity index (χ2v) is 3.74. The molecular weight excluding hydrogens is 162 g/mol. The predicted molar refractivity (Wildman–Crippen MR) is 54.5 cm³/mol. The van der Waals surface area contributed by atoms with E-state index in [1.807, 2.05) is 24.9 Å². The maximum atomic E-state index is 11.5. The molecule has 0 bridgehead atoms. The molecule has 2 heteroatoms. The Bertz CT molecular complexity index is 192. The minimum absolute atomic E-state index is 0.148. The molecule has 0 aliphatic heterocycles. The molecule has 1 aliphatic rings. The van der Waals surface area contributed by atoms with Crippen LogP contribution in [0.4, 0.5) is 0 Å². The van der Waals surface area contributed by atoms with Crippen molar-refractivity contribution >= 4 is 5.91 Å². The lowest BCUT2D eigenvalue weighted by molar-refractivity contribution is -0.127. The highest BCUT2D eigenvalue weighted by Gasteiger charge is 2.19. The van der Waals surface area contributed by atoms with Gasteiger partial charge in [0.1, 0.15) is 0 Å². The van der Waals surface area contributed by atoms with Gasteiger partial charge in [-0.3, -0.25) is 4.79 Å². The molecule has 1 fully saturated rings. The Labute approximate surface area is 80.6 Å². The van der Waals surface area contributed by atoms with Crippen LogP contribution in [0.2, 0.25) is 0 Å². The van der Waals surface area contributed by atoms with Crippen molar-refractivity contribution in [3.63, 3.8) is 0 Å². The predicted octanol–water partition coefficient (Wildman–Crippen LogP) is 2.35.